The average Bonchev–Trinajstić information content (AvgIpc) is 2.62. The lowest BCUT2D eigenvalue weighted by atomic mass is 9.81. The van der Waals surface area contributed by atoms with Gasteiger partial charge in [-0.05, 0) is 73.5 Å². The summed E-state index contributed by atoms with van der Waals surface area (Å²) in [6.07, 6.45) is 3.98. The van der Waals surface area contributed by atoms with Gasteiger partial charge >= 0.3 is 0 Å². The second-order valence-electron chi connectivity index (χ2n) is 6.18. The third-order valence-electron chi connectivity index (χ3n) is 4.72. The molecule has 0 saturated heterocycles. The van der Waals surface area contributed by atoms with Crippen LogP contribution in [0.3, 0.4) is 0 Å². The zero-order chi connectivity index (χ0) is 17.2. The highest BCUT2D eigenvalue weighted by atomic mass is 32.2. The van der Waals surface area contributed by atoms with E-state index in [-0.39, 0.29) is 9.79 Å². The van der Waals surface area contributed by atoms with Crippen molar-refractivity contribution in [1.29, 1.82) is 0 Å². The molecule has 0 aromatic heterocycles. The number of hydrogen-bond acceptors (Lipinski definition) is 4. The van der Waals surface area contributed by atoms with E-state index in [1.165, 1.54) is 12.7 Å². The number of ether oxygens (including phenoxy) is 1. The summed E-state index contributed by atoms with van der Waals surface area (Å²) in [5.41, 5.74) is 8.03. The van der Waals surface area contributed by atoms with Crippen molar-refractivity contribution in [2.75, 3.05) is 13.7 Å². The first kappa shape index (κ1) is 17.0. The van der Waals surface area contributed by atoms with Gasteiger partial charge in [-0.1, -0.05) is 18.2 Å². The predicted molar refractivity (Wildman–Crippen MR) is 94.2 cm³/mol. The summed E-state index contributed by atoms with van der Waals surface area (Å²) in [7, 11) is -2.07. The molecule has 0 amide bonds. The van der Waals surface area contributed by atoms with Gasteiger partial charge in [0.15, 0.2) is 0 Å². The molecule has 4 nitrogen and oxygen atoms in total. The summed E-state index contributed by atoms with van der Waals surface area (Å²) in [6, 6.07) is 12.2. The van der Waals surface area contributed by atoms with Crippen molar-refractivity contribution >= 4 is 9.84 Å². The molecule has 128 valence electrons. The van der Waals surface area contributed by atoms with Gasteiger partial charge in [-0.15, -0.1) is 0 Å². The van der Waals surface area contributed by atoms with Crippen LogP contribution in [0.2, 0.25) is 0 Å². The third kappa shape index (κ3) is 3.06. The topological polar surface area (TPSA) is 69.4 Å². The van der Waals surface area contributed by atoms with E-state index in [4.69, 9.17) is 10.5 Å². The summed E-state index contributed by atoms with van der Waals surface area (Å²) < 4.78 is 31.4. The van der Waals surface area contributed by atoms with Crippen molar-refractivity contribution in [3.8, 4) is 5.75 Å². The monoisotopic (exact) mass is 345 g/mol. The van der Waals surface area contributed by atoms with Crippen molar-refractivity contribution in [1.82, 2.24) is 0 Å². The van der Waals surface area contributed by atoms with E-state index in [0.29, 0.717) is 18.2 Å². The van der Waals surface area contributed by atoms with Crippen LogP contribution in [0.5, 0.6) is 5.75 Å². The van der Waals surface area contributed by atoms with Gasteiger partial charge in [0.1, 0.15) is 10.6 Å². The zero-order valence-electron chi connectivity index (χ0n) is 13.9. The highest BCUT2D eigenvalue weighted by Gasteiger charge is 2.27. The second-order valence-corrected chi connectivity index (χ2v) is 8.10. The Morgan fingerprint density at radius 3 is 2.62 bits per heavy atom. The number of aryl methyl sites for hydroxylation is 1. The van der Waals surface area contributed by atoms with E-state index in [0.717, 1.165) is 31.2 Å². The Balaban J connectivity index is 2.13. The summed E-state index contributed by atoms with van der Waals surface area (Å²) >= 11 is 0. The minimum atomic E-state index is -3.59. The fourth-order valence-electron chi connectivity index (χ4n) is 3.51. The first-order chi connectivity index (χ1) is 11.6. The normalized spacial score (nSPS) is 17.3. The molecule has 0 saturated carbocycles. The molecule has 1 aliphatic rings. The number of benzene rings is 2. The summed E-state index contributed by atoms with van der Waals surface area (Å²) in [5.74, 6) is 0.808. The molecule has 0 heterocycles. The van der Waals surface area contributed by atoms with E-state index in [9.17, 15) is 8.42 Å². The fraction of sp³-hybridized carbons (Fsp3) is 0.368. The van der Waals surface area contributed by atoms with Crippen LogP contribution < -0.4 is 10.5 Å². The lowest BCUT2D eigenvalue weighted by molar-refractivity contribution is 0.399. The van der Waals surface area contributed by atoms with Crippen LogP contribution in [0, 0.1) is 0 Å². The third-order valence-corrected chi connectivity index (χ3v) is 6.51. The van der Waals surface area contributed by atoms with E-state index < -0.39 is 9.84 Å². The van der Waals surface area contributed by atoms with Crippen LogP contribution in [0.4, 0.5) is 0 Å². The minimum Gasteiger partial charge on any atom is -0.495 e. The Bertz CT molecular complexity index is 816. The second kappa shape index (κ2) is 6.95. The molecule has 2 N–H and O–H groups in total. The molecule has 0 spiro atoms. The van der Waals surface area contributed by atoms with Crippen molar-refractivity contribution in [3.63, 3.8) is 0 Å². The summed E-state index contributed by atoms with van der Waals surface area (Å²) in [6.45, 7) is 0.635. The molecule has 5 heteroatoms. The number of fused-ring (bicyclic) bond motifs is 1. The number of hydrogen-bond donors (Lipinski definition) is 1. The Hall–Kier alpha value is -1.85. The molecule has 24 heavy (non-hydrogen) atoms. The van der Waals surface area contributed by atoms with Crippen LogP contribution in [0.1, 0.15) is 36.3 Å². The SMILES string of the molecule is COc1cc2c(cc1S(=O)(=O)c1ccccc1)CCCC2CCN. The average molecular weight is 345 g/mol. The standard InChI is InChI=1S/C19H23NO3S/c1-23-18-13-17-14(10-11-20)6-5-7-15(17)12-19(18)24(21,22)16-8-3-2-4-9-16/h2-4,8-9,12-14H,5-7,10-11,20H2,1H3. The van der Waals surface area contributed by atoms with E-state index in [1.54, 1.807) is 36.4 Å². The van der Waals surface area contributed by atoms with Crippen LogP contribution in [0.25, 0.3) is 0 Å². The maximum Gasteiger partial charge on any atom is 0.210 e. The Labute approximate surface area is 143 Å². The maximum atomic E-state index is 13.0. The molecular weight excluding hydrogens is 322 g/mol. The van der Waals surface area contributed by atoms with Crippen LogP contribution in [-0.4, -0.2) is 22.1 Å². The van der Waals surface area contributed by atoms with Crippen molar-refractivity contribution < 1.29 is 13.2 Å². The van der Waals surface area contributed by atoms with Gasteiger partial charge in [-0.2, -0.15) is 0 Å². The van der Waals surface area contributed by atoms with Crippen LogP contribution >= 0.6 is 0 Å². The molecule has 0 radical (unpaired) electrons. The van der Waals surface area contributed by atoms with Gasteiger partial charge < -0.3 is 10.5 Å². The highest BCUT2D eigenvalue weighted by Crippen LogP contribution is 2.40. The molecule has 0 fully saturated rings. The smallest absolute Gasteiger partial charge is 0.210 e. The summed E-state index contributed by atoms with van der Waals surface area (Å²) in [5, 5.41) is 0. The van der Waals surface area contributed by atoms with Crippen LogP contribution in [0.15, 0.2) is 52.3 Å². The number of rotatable bonds is 5. The largest absolute Gasteiger partial charge is 0.495 e. The molecule has 1 unspecified atom stereocenters. The number of sulfone groups is 1. The Morgan fingerprint density at radius 1 is 1.21 bits per heavy atom. The number of methoxy groups -OCH3 is 1. The Morgan fingerprint density at radius 2 is 1.96 bits per heavy atom. The van der Waals surface area contributed by atoms with Gasteiger partial charge in [-0.25, -0.2) is 8.42 Å². The quantitative estimate of drug-likeness (QED) is 0.903. The molecule has 3 rings (SSSR count). The zero-order valence-corrected chi connectivity index (χ0v) is 14.7. The summed E-state index contributed by atoms with van der Waals surface area (Å²) in [4.78, 5) is 0.543. The Kier molecular flexibility index (Phi) is 4.92. The molecule has 1 atom stereocenters. The van der Waals surface area contributed by atoms with Crippen molar-refractivity contribution in [2.24, 2.45) is 5.73 Å². The molecule has 0 bridgehead atoms. The van der Waals surface area contributed by atoms with Crippen molar-refractivity contribution in [2.45, 2.75) is 41.4 Å². The molecule has 0 aliphatic heterocycles. The van der Waals surface area contributed by atoms with Gasteiger partial charge in [0.05, 0.1) is 12.0 Å². The van der Waals surface area contributed by atoms with E-state index >= 15 is 0 Å². The van der Waals surface area contributed by atoms with Gasteiger partial charge in [0, 0.05) is 0 Å². The van der Waals surface area contributed by atoms with E-state index in [2.05, 4.69) is 0 Å². The molecule has 2 aromatic carbocycles. The van der Waals surface area contributed by atoms with Gasteiger partial charge in [0.25, 0.3) is 0 Å². The molecule has 1 aliphatic carbocycles. The lowest BCUT2D eigenvalue weighted by Crippen LogP contribution is -2.15. The molecular formula is C19H23NO3S. The maximum absolute atomic E-state index is 13.0. The molecule has 2 aromatic rings. The predicted octanol–water partition coefficient (Wildman–Crippen LogP) is 3.30. The minimum absolute atomic E-state index is 0.253. The van der Waals surface area contributed by atoms with Gasteiger partial charge in [0.2, 0.25) is 9.84 Å². The lowest BCUT2D eigenvalue weighted by Gasteiger charge is -2.26. The first-order valence-corrected chi connectivity index (χ1v) is 9.77. The van der Waals surface area contributed by atoms with Crippen LogP contribution in [-0.2, 0) is 16.3 Å². The van der Waals surface area contributed by atoms with Crippen molar-refractivity contribution in [3.05, 3.63) is 53.6 Å². The van der Waals surface area contributed by atoms with E-state index in [1.807, 2.05) is 6.07 Å². The van der Waals surface area contributed by atoms with Gasteiger partial charge in [-0.3, -0.25) is 0 Å². The first-order valence-electron chi connectivity index (χ1n) is 8.29. The number of nitrogens with two attached hydrogens (primary N) is 1. The highest BCUT2D eigenvalue weighted by molar-refractivity contribution is 7.91. The fourth-order valence-corrected chi connectivity index (χ4v) is 4.98.